The second-order valence-electron chi connectivity index (χ2n) is 4.77. The molecule has 0 aliphatic rings. The Morgan fingerprint density at radius 3 is 2.78 bits per heavy atom. The minimum absolute atomic E-state index is 0.0458. The van der Waals surface area contributed by atoms with E-state index in [0.29, 0.717) is 16.7 Å². The Balaban J connectivity index is 2.04. The van der Waals surface area contributed by atoms with E-state index in [2.05, 4.69) is 10.5 Å². The number of fused-ring (bicyclic) bond motifs is 1. The Kier molecular flexibility index (Phi) is 3.84. The van der Waals surface area contributed by atoms with Crippen molar-refractivity contribution in [1.82, 2.24) is 5.16 Å². The maximum atomic E-state index is 12.4. The van der Waals surface area contributed by atoms with E-state index in [0.717, 1.165) is 0 Å². The summed E-state index contributed by atoms with van der Waals surface area (Å²) in [6.07, 6.45) is 1.32. The second kappa shape index (κ2) is 5.96. The lowest BCUT2D eigenvalue weighted by Gasteiger charge is -2.05. The number of para-hydroxylation sites is 1. The minimum Gasteiger partial charge on any atom is -0.460 e. The molecule has 0 unspecified atom stereocenters. The molecule has 3 rings (SSSR count). The number of hydrogen-bond donors (Lipinski definition) is 1. The van der Waals surface area contributed by atoms with Gasteiger partial charge in [0.15, 0.2) is 0 Å². The third kappa shape index (κ3) is 2.68. The lowest BCUT2D eigenvalue weighted by molar-refractivity contribution is 0.0494. The highest BCUT2D eigenvalue weighted by molar-refractivity contribution is 6.13. The van der Waals surface area contributed by atoms with Crippen LogP contribution in [0.5, 0.6) is 0 Å². The number of benzene rings is 1. The first kappa shape index (κ1) is 14.8. The van der Waals surface area contributed by atoms with Crippen LogP contribution in [0.1, 0.15) is 33.6 Å². The molecular weight excluding hydrogens is 300 g/mol. The highest BCUT2D eigenvalue weighted by Gasteiger charge is 2.24. The molecule has 0 atom stereocenters. The zero-order chi connectivity index (χ0) is 16.4. The predicted molar refractivity (Wildman–Crippen MR) is 81.4 cm³/mol. The summed E-state index contributed by atoms with van der Waals surface area (Å²) in [6.45, 7) is 3.52. The summed E-state index contributed by atoms with van der Waals surface area (Å²) >= 11 is 0. The monoisotopic (exact) mass is 314 g/mol. The number of anilines is 1. The molecule has 23 heavy (non-hydrogen) atoms. The smallest absolute Gasteiger partial charge is 0.376 e. The van der Waals surface area contributed by atoms with Crippen molar-refractivity contribution in [2.45, 2.75) is 13.8 Å². The van der Waals surface area contributed by atoms with E-state index < -0.39 is 11.9 Å². The SMILES string of the molecule is CCOC(=O)c1oc2ccccc2c1NC(=O)c1cnoc1C. The third-order valence-electron chi connectivity index (χ3n) is 3.29. The molecule has 0 radical (unpaired) electrons. The molecule has 0 bridgehead atoms. The van der Waals surface area contributed by atoms with Gasteiger partial charge in [0.25, 0.3) is 5.91 Å². The van der Waals surface area contributed by atoms with Crippen molar-refractivity contribution >= 4 is 28.5 Å². The Hall–Kier alpha value is -3.09. The van der Waals surface area contributed by atoms with Crippen LogP contribution in [0.15, 0.2) is 39.4 Å². The fourth-order valence-electron chi connectivity index (χ4n) is 2.21. The van der Waals surface area contributed by atoms with Crippen LogP contribution in [0.25, 0.3) is 11.0 Å². The fourth-order valence-corrected chi connectivity index (χ4v) is 2.21. The average Bonchev–Trinajstić information content (AvgIpc) is 3.12. The van der Waals surface area contributed by atoms with Gasteiger partial charge in [0.2, 0.25) is 5.76 Å². The zero-order valence-corrected chi connectivity index (χ0v) is 12.6. The zero-order valence-electron chi connectivity index (χ0n) is 12.6. The van der Waals surface area contributed by atoms with Crippen LogP contribution in [0.4, 0.5) is 5.69 Å². The number of rotatable bonds is 4. The van der Waals surface area contributed by atoms with Gasteiger partial charge in [-0.25, -0.2) is 4.79 Å². The number of amides is 1. The van der Waals surface area contributed by atoms with Gasteiger partial charge in [-0.3, -0.25) is 4.79 Å². The highest BCUT2D eigenvalue weighted by atomic mass is 16.5. The van der Waals surface area contributed by atoms with Crippen molar-refractivity contribution in [3.8, 4) is 0 Å². The number of aromatic nitrogens is 1. The van der Waals surface area contributed by atoms with Gasteiger partial charge in [0.05, 0.1) is 12.8 Å². The summed E-state index contributed by atoms with van der Waals surface area (Å²) in [5.41, 5.74) is 1.03. The first-order valence-electron chi connectivity index (χ1n) is 7.03. The Morgan fingerprint density at radius 1 is 1.30 bits per heavy atom. The topological polar surface area (TPSA) is 94.6 Å². The van der Waals surface area contributed by atoms with Crippen LogP contribution in [-0.4, -0.2) is 23.6 Å². The number of nitrogens with one attached hydrogen (secondary N) is 1. The van der Waals surface area contributed by atoms with Gasteiger partial charge in [-0.15, -0.1) is 0 Å². The Morgan fingerprint density at radius 2 is 2.09 bits per heavy atom. The maximum absolute atomic E-state index is 12.4. The molecule has 3 aromatic rings. The van der Waals surface area contributed by atoms with Crippen molar-refractivity contribution in [2.24, 2.45) is 0 Å². The number of carbonyl (C=O) groups is 2. The van der Waals surface area contributed by atoms with Crippen LogP contribution in [-0.2, 0) is 4.74 Å². The summed E-state index contributed by atoms with van der Waals surface area (Å²) in [4.78, 5) is 24.4. The first-order chi connectivity index (χ1) is 11.1. The largest absolute Gasteiger partial charge is 0.460 e. The first-order valence-corrected chi connectivity index (χ1v) is 7.03. The van der Waals surface area contributed by atoms with Crippen LogP contribution in [0, 0.1) is 6.92 Å². The number of ether oxygens (including phenoxy) is 1. The van der Waals surface area contributed by atoms with Crippen LogP contribution < -0.4 is 5.32 Å². The quantitative estimate of drug-likeness (QED) is 0.743. The van der Waals surface area contributed by atoms with Crippen molar-refractivity contribution in [2.75, 3.05) is 11.9 Å². The standard InChI is InChI=1S/C16H14N2O5/c1-3-21-16(20)14-13(10-6-4-5-7-12(10)22-14)18-15(19)11-8-17-23-9(11)2/h4-8H,3H2,1-2H3,(H,18,19). The van der Waals surface area contributed by atoms with Crippen LogP contribution in [0.2, 0.25) is 0 Å². The number of carbonyl (C=O) groups excluding carboxylic acids is 2. The minimum atomic E-state index is -0.638. The maximum Gasteiger partial charge on any atom is 0.376 e. The number of nitrogens with zero attached hydrogens (tertiary/aromatic N) is 1. The normalized spacial score (nSPS) is 10.7. The van der Waals surface area contributed by atoms with Crippen LogP contribution >= 0.6 is 0 Å². The van der Waals surface area contributed by atoms with E-state index in [4.69, 9.17) is 13.7 Å². The van der Waals surface area contributed by atoms with Gasteiger partial charge in [-0.05, 0) is 26.0 Å². The number of esters is 1. The van der Waals surface area contributed by atoms with Gasteiger partial charge in [-0.2, -0.15) is 0 Å². The van der Waals surface area contributed by atoms with Crippen molar-refractivity contribution in [3.05, 3.63) is 47.5 Å². The molecule has 2 heterocycles. The van der Waals surface area contributed by atoms with Gasteiger partial charge < -0.3 is 19.0 Å². The van der Waals surface area contributed by atoms with E-state index in [1.807, 2.05) is 0 Å². The molecule has 118 valence electrons. The average molecular weight is 314 g/mol. The predicted octanol–water partition coefficient (Wildman–Crippen LogP) is 3.16. The second-order valence-corrected chi connectivity index (χ2v) is 4.77. The van der Waals surface area contributed by atoms with Gasteiger partial charge in [0.1, 0.15) is 22.6 Å². The summed E-state index contributed by atoms with van der Waals surface area (Å²) in [5.74, 6) is -0.745. The van der Waals surface area contributed by atoms with Gasteiger partial charge >= 0.3 is 5.97 Å². The lowest BCUT2D eigenvalue weighted by atomic mass is 10.2. The summed E-state index contributed by atoms with van der Waals surface area (Å²) in [6, 6.07) is 7.01. The van der Waals surface area contributed by atoms with E-state index in [9.17, 15) is 9.59 Å². The molecule has 1 amide bonds. The third-order valence-corrected chi connectivity index (χ3v) is 3.29. The van der Waals surface area contributed by atoms with Crippen LogP contribution in [0.3, 0.4) is 0 Å². The van der Waals surface area contributed by atoms with Crippen molar-refractivity contribution in [1.29, 1.82) is 0 Å². The van der Waals surface area contributed by atoms with E-state index in [1.54, 1.807) is 38.1 Å². The molecule has 7 nitrogen and oxygen atoms in total. The summed E-state index contributed by atoms with van der Waals surface area (Å²) in [7, 11) is 0. The van der Waals surface area contributed by atoms with E-state index >= 15 is 0 Å². The van der Waals surface area contributed by atoms with E-state index in [-0.39, 0.29) is 23.6 Å². The Labute approximate surface area is 131 Å². The molecular formula is C16H14N2O5. The van der Waals surface area contributed by atoms with E-state index in [1.165, 1.54) is 6.20 Å². The summed E-state index contributed by atoms with van der Waals surface area (Å²) in [5, 5.41) is 6.86. The number of hydrogen-bond acceptors (Lipinski definition) is 6. The molecule has 1 N–H and O–H groups in total. The van der Waals surface area contributed by atoms with Crippen molar-refractivity contribution < 1.29 is 23.3 Å². The molecule has 2 aromatic heterocycles. The molecule has 0 aliphatic carbocycles. The molecule has 0 saturated carbocycles. The molecule has 0 aliphatic heterocycles. The molecule has 7 heteroatoms. The molecule has 0 fully saturated rings. The van der Waals surface area contributed by atoms with Crippen molar-refractivity contribution in [3.63, 3.8) is 0 Å². The molecule has 1 aromatic carbocycles. The lowest BCUT2D eigenvalue weighted by Crippen LogP contribution is -2.15. The highest BCUT2D eigenvalue weighted by Crippen LogP contribution is 2.32. The molecule has 0 spiro atoms. The Bertz CT molecular complexity index is 878. The number of furan rings is 1. The number of aryl methyl sites for hydroxylation is 1. The van der Waals surface area contributed by atoms with Gasteiger partial charge in [-0.1, -0.05) is 17.3 Å². The summed E-state index contributed by atoms with van der Waals surface area (Å²) < 4.78 is 15.4. The fraction of sp³-hybridized carbons (Fsp3) is 0.188. The molecule has 0 saturated heterocycles. The van der Waals surface area contributed by atoms with Gasteiger partial charge in [0, 0.05) is 5.39 Å².